The molecule has 4 heteroatoms. The van der Waals surface area contributed by atoms with Gasteiger partial charge in [0.2, 0.25) is 11.8 Å². The van der Waals surface area contributed by atoms with Crippen LogP contribution in [0, 0.1) is 5.41 Å². The summed E-state index contributed by atoms with van der Waals surface area (Å²) < 4.78 is 11.5. The van der Waals surface area contributed by atoms with Crippen molar-refractivity contribution in [3.63, 3.8) is 0 Å². The van der Waals surface area contributed by atoms with E-state index in [1.165, 1.54) is 12.8 Å². The molecule has 20 heavy (non-hydrogen) atoms. The second kappa shape index (κ2) is 6.33. The van der Waals surface area contributed by atoms with E-state index in [0.717, 1.165) is 19.3 Å². The predicted molar refractivity (Wildman–Crippen MR) is 81.1 cm³/mol. The molecule has 2 rings (SSSR count). The first-order valence-corrected chi connectivity index (χ1v) is 7.56. The number of anilines is 1. The monoisotopic (exact) mass is 278 g/mol. The lowest BCUT2D eigenvalue weighted by atomic mass is 9.76. The number of nitrogens with zero attached hydrogens (tertiary/aromatic N) is 1. The van der Waals surface area contributed by atoms with Gasteiger partial charge in [-0.2, -0.15) is 4.98 Å². The van der Waals surface area contributed by atoms with Crippen LogP contribution in [0.5, 0.6) is 11.8 Å². The van der Waals surface area contributed by atoms with Crippen LogP contribution in [-0.2, 0) is 0 Å². The average molecular weight is 278 g/mol. The molecule has 0 unspecified atom stereocenters. The van der Waals surface area contributed by atoms with Crippen molar-refractivity contribution in [3.05, 3.63) is 12.1 Å². The third-order valence-electron chi connectivity index (χ3n) is 3.88. The summed E-state index contributed by atoms with van der Waals surface area (Å²) in [6.45, 7) is 7.32. The Hall–Kier alpha value is -1.45. The van der Waals surface area contributed by atoms with E-state index >= 15 is 0 Å². The Morgan fingerprint density at radius 1 is 1.30 bits per heavy atom. The first kappa shape index (κ1) is 14.9. The molecule has 0 aliphatic heterocycles. The number of ether oxygens (including phenoxy) is 2. The maximum atomic E-state index is 5.98. The Balaban J connectivity index is 1.96. The summed E-state index contributed by atoms with van der Waals surface area (Å²) >= 11 is 0. The third kappa shape index (κ3) is 4.02. The van der Waals surface area contributed by atoms with Crippen LogP contribution >= 0.6 is 0 Å². The van der Waals surface area contributed by atoms with Crippen LogP contribution in [-0.4, -0.2) is 17.7 Å². The molecule has 1 heterocycles. The molecular weight excluding hydrogens is 252 g/mol. The average Bonchev–Trinajstić information content (AvgIpc) is 2.42. The highest BCUT2D eigenvalue weighted by Gasteiger charge is 2.28. The summed E-state index contributed by atoms with van der Waals surface area (Å²) in [5.74, 6) is 1.11. The molecule has 0 amide bonds. The predicted octanol–water partition coefficient (Wildman–Crippen LogP) is 3.80. The number of rotatable bonds is 5. The molecule has 0 aromatic carbocycles. The van der Waals surface area contributed by atoms with Gasteiger partial charge in [0.1, 0.15) is 6.10 Å². The quantitative estimate of drug-likeness (QED) is 0.890. The van der Waals surface area contributed by atoms with Gasteiger partial charge in [0, 0.05) is 6.07 Å². The molecule has 0 radical (unpaired) electrons. The molecule has 1 saturated carbocycles. The molecule has 1 aromatic rings. The van der Waals surface area contributed by atoms with Crippen LogP contribution in [0.1, 0.15) is 52.9 Å². The van der Waals surface area contributed by atoms with Crippen LogP contribution in [0.15, 0.2) is 12.1 Å². The largest absolute Gasteiger partial charge is 0.476 e. The van der Waals surface area contributed by atoms with Gasteiger partial charge in [0.15, 0.2) is 0 Å². The van der Waals surface area contributed by atoms with Crippen molar-refractivity contribution in [2.24, 2.45) is 5.41 Å². The minimum atomic E-state index is 0.262. The van der Waals surface area contributed by atoms with Gasteiger partial charge in [-0.25, -0.2) is 0 Å². The Morgan fingerprint density at radius 2 is 2.00 bits per heavy atom. The summed E-state index contributed by atoms with van der Waals surface area (Å²) in [6, 6.07) is 3.63. The van der Waals surface area contributed by atoms with Gasteiger partial charge < -0.3 is 15.2 Å². The summed E-state index contributed by atoms with van der Waals surface area (Å²) in [5, 5.41) is 0. The van der Waals surface area contributed by atoms with Gasteiger partial charge in [0.05, 0.1) is 12.3 Å². The standard InChI is InChI=1S/C16H26N2O2/c1-4-11-19-15-13(17)5-6-14(18-15)20-12-7-9-16(2,3)10-8-12/h5-6,12H,4,7-11,17H2,1-3H3. The van der Waals surface area contributed by atoms with Crippen molar-refractivity contribution in [2.75, 3.05) is 12.3 Å². The van der Waals surface area contributed by atoms with Crippen LogP contribution < -0.4 is 15.2 Å². The first-order chi connectivity index (χ1) is 9.50. The highest BCUT2D eigenvalue weighted by Crippen LogP contribution is 2.36. The number of hydrogen-bond acceptors (Lipinski definition) is 4. The van der Waals surface area contributed by atoms with E-state index in [9.17, 15) is 0 Å². The number of aromatic nitrogens is 1. The van der Waals surface area contributed by atoms with Gasteiger partial charge in [-0.1, -0.05) is 20.8 Å². The van der Waals surface area contributed by atoms with Crippen LogP contribution in [0.25, 0.3) is 0 Å². The highest BCUT2D eigenvalue weighted by atomic mass is 16.5. The van der Waals surface area contributed by atoms with Crippen molar-refractivity contribution in [3.8, 4) is 11.8 Å². The molecule has 0 saturated heterocycles. The SMILES string of the molecule is CCCOc1nc(OC2CCC(C)(C)CC2)ccc1N. The van der Waals surface area contributed by atoms with E-state index in [4.69, 9.17) is 15.2 Å². The van der Waals surface area contributed by atoms with Crippen molar-refractivity contribution in [2.45, 2.75) is 59.0 Å². The minimum Gasteiger partial charge on any atom is -0.476 e. The maximum Gasteiger partial charge on any atom is 0.240 e. The van der Waals surface area contributed by atoms with Crippen LogP contribution in [0.2, 0.25) is 0 Å². The van der Waals surface area contributed by atoms with Crippen molar-refractivity contribution >= 4 is 5.69 Å². The smallest absolute Gasteiger partial charge is 0.240 e. The summed E-state index contributed by atoms with van der Waals surface area (Å²) in [4.78, 5) is 4.37. The van der Waals surface area contributed by atoms with E-state index in [2.05, 4.69) is 25.8 Å². The fourth-order valence-corrected chi connectivity index (χ4v) is 2.48. The molecule has 1 aromatic heterocycles. The maximum absolute atomic E-state index is 5.98. The lowest BCUT2D eigenvalue weighted by Crippen LogP contribution is -2.28. The van der Waals surface area contributed by atoms with Crippen molar-refractivity contribution in [1.82, 2.24) is 4.98 Å². The molecule has 1 aliphatic rings. The summed E-state index contributed by atoms with van der Waals surface area (Å²) in [7, 11) is 0. The molecular formula is C16H26N2O2. The van der Waals surface area contributed by atoms with E-state index in [0.29, 0.717) is 29.5 Å². The van der Waals surface area contributed by atoms with E-state index in [-0.39, 0.29) is 6.10 Å². The zero-order valence-corrected chi connectivity index (χ0v) is 12.8. The molecule has 0 atom stereocenters. The summed E-state index contributed by atoms with van der Waals surface area (Å²) in [6.07, 6.45) is 5.77. The number of nitrogens with two attached hydrogens (primary N) is 1. The van der Waals surface area contributed by atoms with Gasteiger partial charge in [0.25, 0.3) is 0 Å². The highest BCUT2D eigenvalue weighted by molar-refractivity contribution is 5.49. The molecule has 1 aliphatic carbocycles. The number of pyridine rings is 1. The number of nitrogen functional groups attached to an aromatic ring is 1. The molecule has 112 valence electrons. The fourth-order valence-electron chi connectivity index (χ4n) is 2.48. The first-order valence-electron chi connectivity index (χ1n) is 7.56. The Bertz CT molecular complexity index is 436. The normalized spacial score (nSPS) is 18.8. The fraction of sp³-hybridized carbons (Fsp3) is 0.688. The van der Waals surface area contributed by atoms with Gasteiger partial charge in [-0.15, -0.1) is 0 Å². The van der Waals surface area contributed by atoms with Crippen molar-refractivity contribution in [1.29, 1.82) is 0 Å². The van der Waals surface area contributed by atoms with Crippen molar-refractivity contribution < 1.29 is 9.47 Å². The third-order valence-corrected chi connectivity index (χ3v) is 3.88. The van der Waals surface area contributed by atoms with Gasteiger partial charge in [-0.05, 0) is 43.6 Å². The second-order valence-corrected chi connectivity index (χ2v) is 6.37. The topological polar surface area (TPSA) is 57.4 Å². The van der Waals surface area contributed by atoms with E-state index < -0.39 is 0 Å². The van der Waals surface area contributed by atoms with Gasteiger partial charge in [-0.3, -0.25) is 0 Å². The number of hydrogen-bond donors (Lipinski definition) is 1. The Kier molecular flexibility index (Phi) is 4.73. The zero-order chi connectivity index (χ0) is 14.6. The lowest BCUT2D eigenvalue weighted by Gasteiger charge is -2.34. The Morgan fingerprint density at radius 3 is 2.65 bits per heavy atom. The molecule has 0 spiro atoms. The lowest BCUT2D eigenvalue weighted by molar-refractivity contribution is 0.0941. The minimum absolute atomic E-state index is 0.262. The van der Waals surface area contributed by atoms with E-state index in [1.807, 2.05) is 6.07 Å². The van der Waals surface area contributed by atoms with E-state index in [1.54, 1.807) is 6.07 Å². The molecule has 2 N–H and O–H groups in total. The second-order valence-electron chi connectivity index (χ2n) is 6.37. The molecule has 1 fully saturated rings. The zero-order valence-electron chi connectivity index (χ0n) is 12.8. The van der Waals surface area contributed by atoms with Crippen LogP contribution in [0.3, 0.4) is 0 Å². The Labute approximate surface area is 121 Å². The summed E-state index contributed by atoms with van der Waals surface area (Å²) in [5.41, 5.74) is 6.87. The molecule has 0 bridgehead atoms. The molecule has 4 nitrogen and oxygen atoms in total. The van der Waals surface area contributed by atoms with Gasteiger partial charge >= 0.3 is 0 Å². The van der Waals surface area contributed by atoms with Crippen LogP contribution in [0.4, 0.5) is 5.69 Å².